The average Bonchev–Trinajstić information content (AvgIpc) is 2.91. The van der Waals surface area contributed by atoms with Gasteiger partial charge in [-0.15, -0.1) is 0 Å². The monoisotopic (exact) mass is 276 g/mol. The first kappa shape index (κ1) is 15.6. The second-order valence-corrected chi connectivity index (χ2v) is 8.63. The molecular formula is C12H25N2O3P. The number of imidazole rings is 1. The molecular weight excluding hydrogens is 251 g/mol. The second kappa shape index (κ2) is 5.66. The van der Waals surface area contributed by atoms with Crippen LogP contribution in [0, 0.1) is 5.92 Å². The van der Waals surface area contributed by atoms with Gasteiger partial charge in [-0.05, 0) is 0 Å². The molecule has 18 heavy (non-hydrogen) atoms. The van der Waals surface area contributed by atoms with E-state index in [1.807, 2.05) is 10.5 Å². The van der Waals surface area contributed by atoms with Gasteiger partial charge in [-0.2, -0.15) is 0 Å². The zero-order valence-electron chi connectivity index (χ0n) is 12.2. The molecule has 0 amide bonds. The summed E-state index contributed by atoms with van der Waals surface area (Å²) in [4.78, 5) is 4.11. The van der Waals surface area contributed by atoms with E-state index in [-0.39, 0.29) is 5.66 Å². The van der Waals surface area contributed by atoms with Gasteiger partial charge in [0.1, 0.15) is 0 Å². The van der Waals surface area contributed by atoms with Gasteiger partial charge in [-0.3, -0.25) is 0 Å². The van der Waals surface area contributed by atoms with Crippen molar-refractivity contribution >= 4 is 7.43 Å². The van der Waals surface area contributed by atoms with E-state index >= 15 is 0 Å². The van der Waals surface area contributed by atoms with Crippen molar-refractivity contribution in [3.05, 3.63) is 18.7 Å². The molecule has 0 fully saturated rings. The standard InChI is InChI=1S/C12H25N2O3P/c1-7-12(11(2)3)18(15-4,16-5,17-6)14-9-8-13-10-14/h8-12H,7H2,1-6H3. The van der Waals surface area contributed by atoms with Gasteiger partial charge < -0.3 is 0 Å². The minimum atomic E-state index is -3.42. The van der Waals surface area contributed by atoms with E-state index in [0.29, 0.717) is 5.92 Å². The Morgan fingerprint density at radius 2 is 1.72 bits per heavy atom. The predicted molar refractivity (Wildman–Crippen MR) is 74.5 cm³/mol. The average molecular weight is 276 g/mol. The Labute approximate surface area is 110 Å². The topological polar surface area (TPSA) is 45.5 Å². The molecule has 1 heterocycles. The Balaban J connectivity index is 3.50. The normalized spacial score (nSPS) is 16.5. The van der Waals surface area contributed by atoms with E-state index in [9.17, 15) is 0 Å². The van der Waals surface area contributed by atoms with Gasteiger partial charge in [0, 0.05) is 0 Å². The molecule has 1 rings (SSSR count). The number of aromatic nitrogens is 2. The van der Waals surface area contributed by atoms with Crippen molar-refractivity contribution in [2.24, 2.45) is 5.92 Å². The third kappa shape index (κ3) is 1.99. The van der Waals surface area contributed by atoms with Crippen LogP contribution in [0.2, 0.25) is 0 Å². The molecule has 0 saturated heterocycles. The quantitative estimate of drug-likeness (QED) is 0.717. The molecule has 0 aliphatic rings. The zero-order valence-corrected chi connectivity index (χ0v) is 13.1. The van der Waals surface area contributed by atoms with Gasteiger partial charge in [-0.1, -0.05) is 0 Å². The molecule has 5 nitrogen and oxygen atoms in total. The molecule has 1 aromatic heterocycles. The van der Waals surface area contributed by atoms with Gasteiger partial charge in [-0.25, -0.2) is 0 Å². The van der Waals surface area contributed by atoms with Crippen LogP contribution >= 0.6 is 7.43 Å². The van der Waals surface area contributed by atoms with Gasteiger partial charge in [0.25, 0.3) is 0 Å². The van der Waals surface area contributed by atoms with Crippen LogP contribution in [0.5, 0.6) is 0 Å². The van der Waals surface area contributed by atoms with Crippen LogP contribution in [-0.2, 0) is 13.6 Å². The summed E-state index contributed by atoms with van der Waals surface area (Å²) < 4.78 is 19.5. The van der Waals surface area contributed by atoms with Crippen molar-refractivity contribution in [1.29, 1.82) is 0 Å². The summed E-state index contributed by atoms with van der Waals surface area (Å²) >= 11 is 0. The number of nitrogens with zero attached hydrogens (tertiary/aromatic N) is 2. The van der Waals surface area contributed by atoms with Crippen LogP contribution in [-0.4, -0.2) is 36.3 Å². The SMILES string of the molecule is CCC(C(C)C)P(OC)(OC)(OC)n1ccnc1. The van der Waals surface area contributed by atoms with Crippen molar-refractivity contribution in [3.63, 3.8) is 0 Å². The predicted octanol–water partition coefficient (Wildman–Crippen LogP) is 3.32. The van der Waals surface area contributed by atoms with Gasteiger partial charge in [0.15, 0.2) is 0 Å². The number of hydrogen-bond acceptors (Lipinski definition) is 4. The molecule has 0 aliphatic carbocycles. The summed E-state index contributed by atoms with van der Waals surface area (Å²) in [5.41, 5.74) is 0.144. The summed E-state index contributed by atoms with van der Waals surface area (Å²) in [7, 11) is 1.53. The Hall–Kier alpha value is -0.480. The van der Waals surface area contributed by atoms with Crippen LogP contribution in [0.3, 0.4) is 0 Å². The molecule has 0 saturated carbocycles. The fourth-order valence-corrected chi connectivity index (χ4v) is 7.15. The molecule has 1 unspecified atom stereocenters. The van der Waals surface area contributed by atoms with Crippen LogP contribution in [0.4, 0.5) is 0 Å². The van der Waals surface area contributed by atoms with E-state index in [1.165, 1.54) is 0 Å². The Morgan fingerprint density at radius 1 is 1.17 bits per heavy atom. The van der Waals surface area contributed by atoms with Crippen LogP contribution in [0.1, 0.15) is 27.2 Å². The fraction of sp³-hybridized carbons (Fsp3) is 0.750. The van der Waals surface area contributed by atoms with E-state index in [4.69, 9.17) is 13.6 Å². The molecule has 0 radical (unpaired) electrons. The van der Waals surface area contributed by atoms with Crippen molar-refractivity contribution in [1.82, 2.24) is 9.32 Å². The Bertz CT molecular complexity index is 352. The zero-order chi connectivity index (χ0) is 13.8. The van der Waals surface area contributed by atoms with Crippen LogP contribution in [0.15, 0.2) is 18.7 Å². The molecule has 1 aromatic rings. The van der Waals surface area contributed by atoms with Crippen molar-refractivity contribution in [2.75, 3.05) is 21.3 Å². The molecule has 0 N–H and O–H groups in total. The summed E-state index contributed by atoms with van der Waals surface area (Å²) in [6, 6.07) is 0. The number of rotatable bonds is 7. The Morgan fingerprint density at radius 3 is 2.00 bits per heavy atom. The second-order valence-electron chi connectivity index (χ2n) is 4.61. The van der Waals surface area contributed by atoms with Crippen LogP contribution in [0.25, 0.3) is 0 Å². The minimum absolute atomic E-state index is 0.144. The van der Waals surface area contributed by atoms with Gasteiger partial charge in [0.2, 0.25) is 0 Å². The first-order valence-electron chi connectivity index (χ1n) is 6.20. The maximum absolute atomic E-state index is 5.89. The first-order valence-corrected chi connectivity index (χ1v) is 8.21. The van der Waals surface area contributed by atoms with Crippen molar-refractivity contribution < 1.29 is 13.6 Å². The molecule has 106 valence electrons. The fourth-order valence-electron chi connectivity index (χ4n) is 2.82. The van der Waals surface area contributed by atoms with E-state index in [2.05, 4.69) is 25.8 Å². The summed E-state index contributed by atoms with van der Waals surface area (Å²) in [5, 5.41) is 0. The molecule has 0 aliphatic heterocycles. The van der Waals surface area contributed by atoms with Crippen molar-refractivity contribution in [3.8, 4) is 0 Å². The van der Waals surface area contributed by atoms with E-state index in [1.54, 1.807) is 33.9 Å². The van der Waals surface area contributed by atoms with Crippen molar-refractivity contribution in [2.45, 2.75) is 32.9 Å². The summed E-state index contributed by atoms with van der Waals surface area (Å²) in [5.74, 6) is 0.370. The molecule has 1 atom stereocenters. The maximum atomic E-state index is 5.89. The summed E-state index contributed by atoms with van der Waals surface area (Å²) in [6.07, 6.45) is 6.17. The van der Waals surface area contributed by atoms with E-state index in [0.717, 1.165) is 6.42 Å². The van der Waals surface area contributed by atoms with Gasteiger partial charge >= 0.3 is 109 Å². The Kier molecular flexibility index (Phi) is 4.90. The summed E-state index contributed by atoms with van der Waals surface area (Å²) in [6.45, 7) is 6.44. The third-order valence-corrected chi connectivity index (χ3v) is 8.81. The first-order chi connectivity index (χ1) is 8.51. The molecule has 0 bridgehead atoms. The van der Waals surface area contributed by atoms with E-state index < -0.39 is 7.43 Å². The third-order valence-electron chi connectivity index (χ3n) is 3.66. The van der Waals surface area contributed by atoms with Gasteiger partial charge in [0.05, 0.1) is 0 Å². The molecule has 0 spiro atoms. The molecule has 0 aromatic carbocycles. The van der Waals surface area contributed by atoms with Crippen LogP contribution < -0.4 is 0 Å². The molecule has 6 heteroatoms. The number of hydrogen-bond donors (Lipinski definition) is 0.